The summed E-state index contributed by atoms with van der Waals surface area (Å²) in [5, 5.41) is 13.7. The fourth-order valence-electron chi connectivity index (χ4n) is 4.36. The third-order valence-corrected chi connectivity index (χ3v) is 7.66. The smallest absolute Gasteiger partial charge is 0.221 e. The second-order valence-corrected chi connectivity index (χ2v) is 10.1. The summed E-state index contributed by atoms with van der Waals surface area (Å²) in [7, 11) is 0. The fourth-order valence-corrected chi connectivity index (χ4v) is 5.72. The van der Waals surface area contributed by atoms with E-state index in [0.29, 0.717) is 18.0 Å². The van der Waals surface area contributed by atoms with Gasteiger partial charge in [0.05, 0.1) is 6.33 Å². The zero-order chi connectivity index (χ0) is 23.8. The van der Waals surface area contributed by atoms with Crippen molar-refractivity contribution < 1.29 is 4.79 Å². The summed E-state index contributed by atoms with van der Waals surface area (Å²) in [4.78, 5) is 21.3. The van der Waals surface area contributed by atoms with E-state index in [1.807, 2.05) is 31.2 Å². The molecule has 1 aliphatic rings. The van der Waals surface area contributed by atoms with E-state index >= 15 is 0 Å². The molecule has 0 saturated carbocycles. The number of hydrogen-bond donors (Lipinski definition) is 2. The average molecular weight is 493 g/mol. The highest BCUT2D eigenvalue weighted by atomic mass is 35.5. The molecule has 5 rings (SSSR count). The number of carbonyl (C=O) groups excluding carboxylic acids is 1. The maximum atomic E-state index is 13.0. The van der Waals surface area contributed by atoms with Crippen LogP contribution in [0.4, 0.5) is 0 Å². The lowest BCUT2D eigenvalue weighted by molar-refractivity contribution is -0.121. The van der Waals surface area contributed by atoms with E-state index in [-0.39, 0.29) is 18.2 Å². The summed E-state index contributed by atoms with van der Waals surface area (Å²) in [6.07, 6.45) is 6.57. The second-order valence-electron chi connectivity index (χ2n) is 8.48. The molecular formula is C25H25ClN6OS. The average Bonchev–Trinajstić information content (AvgIpc) is 3.51. The zero-order valence-corrected chi connectivity index (χ0v) is 20.8. The minimum atomic E-state index is -0.224. The van der Waals surface area contributed by atoms with Crippen LogP contribution in [0.2, 0.25) is 5.02 Å². The van der Waals surface area contributed by atoms with E-state index in [9.17, 15) is 4.79 Å². The number of thiophene rings is 1. The molecule has 1 aliphatic heterocycles. The third-order valence-electron chi connectivity index (χ3n) is 6.22. The second kappa shape index (κ2) is 9.19. The van der Waals surface area contributed by atoms with Gasteiger partial charge in [-0.25, -0.2) is 4.98 Å². The highest BCUT2D eigenvalue weighted by Gasteiger charge is 2.31. The number of H-pyrrole nitrogens is 1. The number of hydrogen-bond acceptors (Lipinski definition) is 5. The van der Waals surface area contributed by atoms with Crippen molar-refractivity contribution in [3.05, 3.63) is 86.8 Å². The van der Waals surface area contributed by atoms with Gasteiger partial charge in [-0.3, -0.25) is 9.36 Å². The summed E-state index contributed by atoms with van der Waals surface area (Å²) in [6.45, 7) is 6.78. The van der Waals surface area contributed by atoms with Gasteiger partial charge in [0.15, 0.2) is 0 Å². The first-order chi connectivity index (χ1) is 16.4. The molecule has 4 heterocycles. The molecule has 2 N–H and O–H groups in total. The van der Waals surface area contributed by atoms with Crippen molar-refractivity contribution in [3.8, 4) is 5.00 Å². The van der Waals surface area contributed by atoms with Crippen LogP contribution in [0.5, 0.6) is 0 Å². The highest BCUT2D eigenvalue weighted by molar-refractivity contribution is 7.15. The number of carbonyl (C=O) groups is 1. The van der Waals surface area contributed by atoms with Gasteiger partial charge in [0.25, 0.3) is 0 Å². The summed E-state index contributed by atoms with van der Waals surface area (Å²) in [6, 6.07) is 7.87. The maximum Gasteiger partial charge on any atom is 0.221 e. The molecule has 4 aromatic rings. The molecule has 0 radical (unpaired) electrons. The number of benzene rings is 1. The molecule has 9 heteroatoms. The molecule has 0 spiro atoms. The van der Waals surface area contributed by atoms with E-state index in [1.54, 1.807) is 23.9 Å². The van der Waals surface area contributed by atoms with Gasteiger partial charge < -0.3 is 10.3 Å². The molecule has 1 aromatic carbocycles. The lowest BCUT2D eigenvalue weighted by atomic mass is 9.92. The van der Waals surface area contributed by atoms with E-state index in [0.717, 1.165) is 39.0 Å². The van der Waals surface area contributed by atoms with Crippen molar-refractivity contribution in [1.82, 2.24) is 30.0 Å². The summed E-state index contributed by atoms with van der Waals surface area (Å²) in [5.74, 6) is 1.35. The van der Waals surface area contributed by atoms with Crippen LogP contribution in [-0.2, 0) is 11.2 Å². The predicted molar refractivity (Wildman–Crippen MR) is 135 cm³/mol. The van der Waals surface area contributed by atoms with Gasteiger partial charge >= 0.3 is 0 Å². The van der Waals surface area contributed by atoms with Crippen LogP contribution in [0.3, 0.4) is 0 Å². The summed E-state index contributed by atoms with van der Waals surface area (Å²) >= 11 is 7.91. The number of rotatable bonds is 6. The standard InChI is InChI=1S/C25H25ClN6OS/c1-14-15(2)34-25-23(14)21(17-4-6-19(26)7-5-17)10-18(24-31-30-16(3)32(24)25)11-22(33)28-9-8-20-12-27-13-29-20/h4-7,10,12-13,18H,8-9,11H2,1-3H3,(H,27,29)(H,28,33)/t18-/m0/s1. The van der Waals surface area contributed by atoms with Crippen molar-refractivity contribution >= 4 is 34.4 Å². The van der Waals surface area contributed by atoms with Crippen LogP contribution in [-0.4, -0.2) is 37.2 Å². The maximum absolute atomic E-state index is 13.0. The van der Waals surface area contributed by atoms with Gasteiger partial charge in [0, 0.05) is 52.7 Å². The van der Waals surface area contributed by atoms with Gasteiger partial charge in [-0.1, -0.05) is 29.8 Å². The Labute approximate surface area is 206 Å². The molecule has 0 aliphatic carbocycles. The van der Waals surface area contributed by atoms with Crippen LogP contribution in [0.1, 0.15) is 51.2 Å². The van der Waals surface area contributed by atoms with Crippen molar-refractivity contribution in [2.45, 2.75) is 39.5 Å². The number of nitrogens with one attached hydrogen (secondary N) is 2. The Morgan fingerprint density at radius 3 is 2.74 bits per heavy atom. The number of aromatic amines is 1. The molecule has 1 amide bonds. The van der Waals surface area contributed by atoms with Gasteiger partial charge in [-0.2, -0.15) is 0 Å². The summed E-state index contributed by atoms with van der Waals surface area (Å²) < 4.78 is 2.11. The first-order valence-electron chi connectivity index (χ1n) is 11.2. The van der Waals surface area contributed by atoms with E-state index in [1.165, 1.54) is 10.4 Å². The number of allylic oxidation sites excluding steroid dienone is 1. The number of amides is 1. The third kappa shape index (κ3) is 4.19. The Hall–Kier alpha value is -3.23. The van der Waals surface area contributed by atoms with Crippen molar-refractivity contribution in [3.63, 3.8) is 0 Å². The first-order valence-corrected chi connectivity index (χ1v) is 12.4. The number of aryl methyl sites for hydroxylation is 2. The molecule has 3 aromatic heterocycles. The number of imidazole rings is 1. The number of fused-ring (bicyclic) bond motifs is 3. The van der Waals surface area contributed by atoms with Crippen LogP contribution in [0, 0.1) is 20.8 Å². The van der Waals surface area contributed by atoms with Crippen LogP contribution in [0.15, 0.2) is 42.9 Å². The topological polar surface area (TPSA) is 88.5 Å². The Balaban J connectivity index is 1.52. The monoisotopic (exact) mass is 492 g/mol. The van der Waals surface area contributed by atoms with Gasteiger partial charge in [-0.15, -0.1) is 21.5 Å². The lowest BCUT2D eigenvalue weighted by Crippen LogP contribution is -2.27. The SMILES string of the molecule is Cc1sc2c(c1C)C(c1ccc(Cl)cc1)=C[C@@H](CC(=O)NCCc1cnc[nH]1)c1nnc(C)n1-2. The molecule has 174 valence electrons. The molecule has 0 saturated heterocycles. The molecule has 7 nitrogen and oxygen atoms in total. The fraction of sp³-hybridized carbons (Fsp3) is 0.280. The van der Waals surface area contributed by atoms with Crippen LogP contribution < -0.4 is 5.32 Å². The Morgan fingerprint density at radius 2 is 2.00 bits per heavy atom. The summed E-state index contributed by atoms with van der Waals surface area (Å²) in [5.41, 5.74) is 5.53. The normalized spacial score (nSPS) is 14.8. The van der Waals surface area contributed by atoms with Crippen LogP contribution >= 0.6 is 22.9 Å². The van der Waals surface area contributed by atoms with Crippen molar-refractivity contribution in [2.24, 2.45) is 0 Å². The minimum absolute atomic E-state index is 0.0263. The molecule has 34 heavy (non-hydrogen) atoms. The van der Waals surface area contributed by atoms with E-state index in [2.05, 4.69) is 50.0 Å². The predicted octanol–water partition coefficient (Wildman–Crippen LogP) is 4.91. The molecular weight excluding hydrogens is 468 g/mol. The lowest BCUT2D eigenvalue weighted by Gasteiger charge is -2.13. The molecule has 1 atom stereocenters. The zero-order valence-electron chi connectivity index (χ0n) is 19.2. The van der Waals surface area contributed by atoms with Gasteiger partial charge in [-0.05, 0) is 49.6 Å². The molecule has 0 fully saturated rings. The Bertz CT molecular complexity index is 1370. The minimum Gasteiger partial charge on any atom is -0.356 e. The Morgan fingerprint density at radius 1 is 1.21 bits per heavy atom. The van der Waals surface area contributed by atoms with Crippen LogP contribution in [0.25, 0.3) is 10.6 Å². The van der Waals surface area contributed by atoms with E-state index < -0.39 is 0 Å². The molecule has 0 unspecified atom stereocenters. The number of halogens is 1. The van der Waals surface area contributed by atoms with Gasteiger partial charge in [0.2, 0.25) is 5.91 Å². The molecule has 0 bridgehead atoms. The highest BCUT2D eigenvalue weighted by Crippen LogP contribution is 2.44. The quantitative estimate of drug-likeness (QED) is 0.400. The largest absolute Gasteiger partial charge is 0.356 e. The number of nitrogens with zero attached hydrogens (tertiary/aromatic N) is 4. The van der Waals surface area contributed by atoms with Gasteiger partial charge in [0.1, 0.15) is 16.6 Å². The number of aromatic nitrogens is 5. The van der Waals surface area contributed by atoms with Crippen molar-refractivity contribution in [2.75, 3.05) is 6.54 Å². The van der Waals surface area contributed by atoms with Crippen molar-refractivity contribution in [1.29, 1.82) is 0 Å². The first kappa shape index (κ1) is 22.6. The Kier molecular flexibility index (Phi) is 6.10. The van der Waals surface area contributed by atoms with E-state index in [4.69, 9.17) is 11.6 Å².